The molecule has 0 aliphatic carbocycles. The van der Waals surface area contributed by atoms with Crippen molar-refractivity contribution < 1.29 is 0 Å². The zero-order valence-electron chi connectivity index (χ0n) is 3.10. The Labute approximate surface area is 55.3 Å². The normalized spacial score (nSPS) is 18.5. The first-order valence-electron chi connectivity index (χ1n) is 1.19. The van der Waals surface area contributed by atoms with Gasteiger partial charge in [-0.15, -0.1) is 0 Å². The fraction of sp³-hybridized carbons (Fsp3) is 0. The zero-order valence-corrected chi connectivity index (χ0v) is 7.22. The van der Waals surface area contributed by atoms with Crippen LogP contribution in [0.3, 0.4) is 0 Å². The molecule has 0 N–H and O–H groups in total. The molecule has 1 radical (unpaired) electrons. The van der Waals surface area contributed by atoms with Crippen molar-refractivity contribution >= 4 is 55.5 Å². The molecule has 0 saturated carbocycles. The molecule has 29 valence electrons. The Morgan fingerprint density at radius 3 is 2.00 bits per heavy atom. The van der Waals surface area contributed by atoms with Gasteiger partial charge < -0.3 is 0 Å². The summed E-state index contributed by atoms with van der Waals surface area (Å²) in [5.41, 5.74) is 0. The number of hydrogen-bond donors (Lipinski definition) is 0. The van der Waals surface area contributed by atoms with E-state index in [9.17, 15) is 0 Å². The van der Waals surface area contributed by atoms with E-state index in [4.69, 9.17) is 13.9 Å². The Morgan fingerprint density at radius 2 is 2.00 bits per heavy atom. The molecule has 0 nitrogen and oxygen atoms in total. The van der Waals surface area contributed by atoms with Gasteiger partial charge in [-0.2, -0.15) is 0 Å². The Hall–Kier alpha value is 1.70. The van der Waals surface area contributed by atoms with Gasteiger partial charge in [0.2, 0.25) is 0 Å². The monoisotopic (exact) mass is 225 g/mol. The molecule has 6 heteroatoms. The summed E-state index contributed by atoms with van der Waals surface area (Å²) < 4.78 is 0. The molecule has 0 amide bonds. The minimum absolute atomic E-state index is 1.12. The van der Waals surface area contributed by atoms with Gasteiger partial charge in [-0.05, 0) is 0 Å². The summed E-state index contributed by atoms with van der Waals surface area (Å²) >= 11 is 2.08. The quantitative estimate of drug-likeness (QED) is 0.323. The van der Waals surface area contributed by atoms with Gasteiger partial charge in [0.15, 0.2) is 0 Å². The Balaban J connectivity index is 3.96. The summed E-state index contributed by atoms with van der Waals surface area (Å²) in [5.74, 6) is -1.12. The first-order valence-corrected chi connectivity index (χ1v) is 6.97. The van der Waals surface area contributed by atoms with E-state index >= 15 is 0 Å². The van der Waals surface area contributed by atoms with Crippen molar-refractivity contribution in [1.29, 1.82) is 0 Å². The molecule has 0 heterocycles. The molecule has 0 spiro atoms. The van der Waals surface area contributed by atoms with Gasteiger partial charge in [0, 0.05) is 0 Å². The number of halogens is 1. The average molecular weight is 224 g/mol. The number of hydrogen-bond acceptors (Lipinski definition) is 0. The SMILES string of the molecule is [B]=BS(#B)(P)I. The second-order valence-corrected chi connectivity index (χ2v) is 12.2. The van der Waals surface area contributed by atoms with Gasteiger partial charge in [-0.25, -0.2) is 0 Å². The molecule has 0 saturated heterocycles. The summed E-state index contributed by atoms with van der Waals surface area (Å²) in [6, 6.07) is 0. The van der Waals surface area contributed by atoms with E-state index in [1.807, 2.05) is 0 Å². The Kier molecular flexibility index (Phi) is 3.70. The Bertz CT molecular complexity index is 132. The molecule has 0 fully saturated rings. The molecular formula is H2B3IPS. The zero-order chi connectivity index (χ0) is 5.21. The van der Waals surface area contributed by atoms with Crippen LogP contribution < -0.4 is 0 Å². The summed E-state index contributed by atoms with van der Waals surface area (Å²) in [6.45, 7) is 5.39. The van der Waals surface area contributed by atoms with Gasteiger partial charge in [0.1, 0.15) is 0 Å². The maximum atomic E-state index is 5.39. The van der Waals surface area contributed by atoms with Crippen molar-refractivity contribution in [1.82, 2.24) is 0 Å². The molecule has 0 aromatic carbocycles. The fourth-order valence-electron chi connectivity index (χ4n) is 0. The molecule has 0 aliphatic rings. The van der Waals surface area contributed by atoms with Gasteiger partial charge in [-0.3, -0.25) is 0 Å². The van der Waals surface area contributed by atoms with Crippen molar-refractivity contribution in [3.63, 3.8) is 0 Å². The van der Waals surface area contributed by atoms with Gasteiger partial charge in [-0.1, -0.05) is 0 Å². The van der Waals surface area contributed by atoms with Gasteiger partial charge in [0.05, 0.1) is 0 Å². The van der Waals surface area contributed by atoms with Crippen LogP contribution >= 0.6 is 35.6 Å². The average Bonchev–Trinajstić information content (AvgIpc) is 1.35. The van der Waals surface area contributed by atoms with Crippen LogP contribution in [0.15, 0.2) is 0 Å². The third-order valence-electron chi connectivity index (χ3n) is 0.209. The van der Waals surface area contributed by atoms with Crippen LogP contribution in [0.4, 0.5) is 0 Å². The van der Waals surface area contributed by atoms with Gasteiger partial charge >= 0.3 is 55.5 Å². The van der Waals surface area contributed by atoms with E-state index in [-0.39, 0.29) is 0 Å². The second kappa shape index (κ2) is 2.88. The number of rotatable bonds is 0. The van der Waals surface area contributed by atoms with E-state index in [0.29, 0.717) is 0 Å². The van der Waals surface area contributed by atoms with E-state index < -0.39 is 5.91 Å². The topological polar surface area (TPSA) is 0 Å². The third kappa shape index (κ3) is 5.70. The molecule has 0 bridgehead atoms. The second-order valence-electron chi connectivity index (χ2n) is 0.812. The maximum absolute atomic E-state index is 5.39. The van der Waals surface area contributed by atoms with Crippen molar-refractivity contribution in [2.24, 2.45) is 0 Å². The standard InChI is InChI=1S/B3H2IPS/c1-3-6(2,4)5/h5H2. The van der Waals surface area contributed by atoms with Crippen LogP contribution in [-0.4, -0.2) is 20.0 Å². The summed E-state index contributed by atoms with van der Waals surface area (Å²) in [7, 11) is 7.52. The molecule has 2 unspecified atom stereocenters. The molecule has 0 aromatic heterocycles. The molecule has 2 atom stereocenters. The van der Waals surface area contributed by atoms with Crippen molar-refractivity contribution in [3.8, 4) is 0 Å². The molecule has 0 aliphatic heterocycles. The van der Waals surface area contributed by atoms with E-state index in [1.165, 1.54) is 6.08 Å². The van der Waals surface area contributed by atoms with E-state index in [1.54, 1.807) is 0 Å². The van der Waals surface area contributed by atoms with Gasteiger partial charge in [0.25, 0.3) is 0 Å². The summed E-state index contributed by atoms with van der Waals surface area (Å²) in [6.07, 6.45) is 1.50. The van der Waals surface area contributed by atoms with E-state index in [0.717, 1.165) is 0 Å². The van der Waals surface area contributed by atoms with Crippen LogP contribution in [0.1, 0.15) is 0 Å². The van der Waals surface area contributed by atoms with Crippen LogP contribution in [0.5, 0.6) is 0 Å². The van der Waals surface area contributed by atoms with Crippen LogP contribution in [0.25, 0.3) is 0 Å². The summed E-state index contributed by atoms with van der Waals surface area (Å²) in [5, 5.41) is 0. The van der Waals surface area contributed by atoms with E-state index in [2.05, 4.69) is 29.6 Å². The van der Waals surface area contributed by atoms with Crippen LogP contribution in [0, 0.1) is 0 Å². The first-order chi connectivity index (χ1) is 2.56. The third-order valence-corrected chi connectivity index (χ3v) is 1.98. The van der Waals surface area contributed by atoms with Crippen molar-refractivity contribution in [3.05, 3.63) is 0 Å². The summed E-state index contributed by atoms with van der Waals surface area (Å²) in [4.78, 5) is 0. The first kappa shape index (κ1) is 7.70. The van der Waals surface area contributed by atoms with Crippen molar-refractivity contribution in [2.45, 2.75) is 0 Å². The predicted octanol–water partition coefficient (Wildman–Crippen LogP) is 0.717. The van der Waals surface area contributed by atoms with Crippen LogP contribution in [-0.2, 0) is 0 Å². The van der Waals surface area contributed by atoms with Crippen LogP contribution in [0.2, 0.25) is 0 Å². The predicted molar refractivity (Wildman–Crippen MR) is 48.6 cm³/mol. The van der Waals surface area contributed by atoms with Crippen molar-refractivity contribution in [2.75, 3.05) is 0 Å². The minimum atomic E-state index is -1.12. The fourth-order valence-corrected chi connectivity index (χ4v) is 0. The molecule has 0 rings (SSSR count). The molecule has 0 aromatic rings. The molecule has 6 heavy (non-hydrogen) atoms. The molecular weight excluding hydrogens is 222 g/mol. The Morgan fingerprint density at radius 1 is 1.83 bits per heavy atom.